The molecule has 0 heterocycles. The van der Waals surface area contributed by atoms with Gasteiger partial charge in [-0.15, -0.1) is 0 Å². The second-order valence-corrected chi connectivity index (χ2v) is 2.96. The Labute approximate surface area is 92.7 Å². The van der Waals surface area contributed by atoms with E-state index in [0.29, 0.717) is 6.61 Å². The minimum Gasteiger partial charge on any atom is -0.379 e. The van der Waals surface area contributed by atoms with Crippen LogP contribution in [0.15, 0.2) is 0 Å². The van der Waals surface area contributed by atoms with Crippen molar-refractivity contribution in [2.45, 2.75) is 25.9 Å². The minimum absolute atomic E-state index is 0.0193. The summed E-state index contributed by atoms with van der Waals surface area (Å²) in [6.07, 6.45) is 0.949. The minimum atomic E-state index is -0.881. The van der Waals surface area contributed by atoms with E-state index in [9.17, 15) is 0 Å². The Morgan fingerprint density at radius 3 is 2.25 bits per heavy atom. The third kappa shape index (κ3) is 10.2. The Kier molecular flexibility index (Phi) is 9.62. The van der Waals surface area contributed by atoms with Gasteiger partial charge in [0.05, 0.1) is 17.4 Å². The molecule has 0 aliphatic heterocycles. The zero-order chi connectivity index (χ0) is 12.4. The molecule has 0 aliphatic carbocycles. The Hall–Kier alpha value is -0.360. The zero-order valence-corrected chi connectivity index (χ0v) is 9.02. The number of unbranched alkanes of at least 4 members (excludes halogenated alkanes) is 1. The Bertz CT molecular complexity index is 158. The molecule has 0 aromatic rings. The summed E-state index contributed by atoms with van der Waals surface area (Å²) in [4.78, 5) is 8.68. The fourth-order valence-corrected chi connectivity index (χ4v) is 0.853. The number of rotatable bonds is 10. The molecule has 9 nitrogen and oxygen atoms in total. The maximum absolute atomic E-state index is 8.41. The van der Waals surface area contributed by atoms with E-state index in [4.69, 9.17) is 25.6 Å². The molecule has 16 heavy (non-hydrogen) atoms. The third-order valence-corrected chi connectivity index (χ3v) is 1.57. The monoisotopic (exact) mass is 242 g/mol. The summed E-state index contributed by atoms with van der Waals surface area (Å²) in [5, 5.41) is 32.4. The average molecular weight is 242 g/mol. The number of hydrogen-bond donors (Lipinski definition) is 4. The van der Waals surface area contributed by atoms with Crippen molar-refractivity contribution in [3.05, 3.63) is 0 Å². The van der Waals surface area contributed by atoms with Gasteiger partial charge in [-0.05, 0) is 6.42 Å². The lowest BCUT2D eigenvalue weighted by Gasteiger charge is -2.18. The lowest BCUT2D eigenvalue weighted by Crippen LogP contribution is -2.34. The summed E-state index contributed by atoms with van der Waals surface area (Å²) in [5.74, 6) is 0. The van der Waals surface area contributed by atoms with Gasteiger partial charge in [0.2, 0.25) is 0 Å². The fraction of sp³-hybridized carbons (Fsp3) is 1.00. The fourth-order valence-electron chi connectivity index (χ4n) is 0.853. The lowest BCUT2D eigenvalue weighted by atomic mass is 10.3. The first-order valence-electron chi connectivity index (χ1n) is 4.79. The smallest absolute Gasteiger partial charge is 0.133 e. The van der Waals surface area contributed by atoms with Crippen LogP contribution in [0.5, 0.6) is 0 Å². The summed E-state index contributed by atoms with van der Waals surface area (Å²) in [5.41, 5.74) is 0. The highest BCUT2D eigenvalue weighted by Gasteiger charge is 2.15. The molecule has 4 N–H and O–H groups in total. The molecule has 0 saturated carbocycles. The molecule has 9 heteroatoms. The van der Waals surface area contributed by atoms with Crippen LogP contribution in [0.1, 0.15) is 19.8 Å². The van der Waals surface area contributed by atoms with Crippen LogP contribution >= 0.6 is 0 Å². The highest BCUT2D eigenvalue weighted by molar-refractivity contribution is 4.52. The molecule has 0 fully saturated rings. The predicted octanol–water partition coefficient (Wildman–Crippen LogP) is 0.196. The van der Waals surface area contributed by atoms with Crippen LogP contribution in [0.4, 0.5) is 0 Å². The molecule has 0 amide bonds. The van der Waals surface area contributed by atoms with Crippen LogP contribution in [0, 0.1) is 0 Å². The van der Waals surface area contributed by atoms with Crippen LogP contribution in [0.3, 0.4) is 0 Å². The number of ether oxygens (including phenoxy) is 1. The van der Waals surface area contributed by atoms with Crippen molar-refractivity contribution in [3.63, 3.8) is 0 Å². The van der Waals surface area contributed by atoms with Crippen molar-refractivity contribution >= 4 is 0 Å². The SMILES string of the molecule is CCCCOCC(CON(O)O)ON(O)O. The molecule has 0 radical (unpaired) electrons. The molecular formula is C7H18N2O7. The molecule has 1 atom stereocenters. The second-order valence-electron chi connectivity index (χ2n) is 2.96. The van der Waals surface area contributed by atoms with Gasteiger partial charge in [-0.1, -0.05) is 13.3 Å². The van der Waals surface area contributed by atoms with E-state index in [1.807, 2.05) is 6.92 Å². The van der Waals surface area contributed by atoms with Gasteiger partial charge in [-0.3, -0.25) is 20.8 Å². The Balaban J connectivity index is 3.72. The van der Waals surface area contributed by atoms with E-state index in [0.717, 1.165) is 12.8 Å². The van der Waals surface area contributed by atoms with Crippen molar-refractivity contribution in [3.8, 4) is 0 Å². The molecule has 0 aromatic heterocycles. The molecule has 0 aromatic carbocycles. The van der Waals surface area contributed by atoms with E-state index < -0.39 is 16.9 Å². The van der Waals surface area contributed by atoms with Gasteiger partial charge in [-0.2, -0.15) is 0 Å². The standard InChI is InChI=1S/C7H18N2O7/c1-2-3-4-14-5-7(16-9(12)13)6-15-8(10)11/h7,10-13H,2-6H2,1H3. The van der Waals surface area contributed by atoms with Crippen LogP contribution < -0.4 is 0 Å². The highest BCUT2D eigenvalue weighted by Crippen LogP contribution is 1.99. The molecule has 0 aliphatic rings. The third-order valence-electron chi connectivity index (χ3n) is 1.57. The van der Waals surface area contributed by atoms with Gasteiger partial charge in [0, 0.05) is 6.61 Å². The average Bonchev–Trinajstić information content (AvgIpc) is 2.19. The Morgan fingerprint density at radius 2 is 1.75 bits per heavy atom. The maximum Gasteiger partial charge on any atom is 0.133 e. The quantitative estimate of drug-likeness (QED) is 0.315. The molecule has 1 unspecified atom stereocenters. The molecule has 0 spiro atoms. The van der Waals surface area contributed by atoms with Gasteiger partial charge in [0.1, 0.15) is 12.7 Å². The van der Waals surface area contributed by atoms with E-state index in [2.05, 4.69) is 9.68 Å². The summed E-state index contributed by atoms with van der Waals surface area (Å²) in [6.45, 7) is 2.19. The van der Waals surface area contributed by atoms with Crippen molar-refractivity contribution in [1.82, 2.24) is 10.8 Å². The predicted molar refractivity (Wildman–Crippen MR) is 47.4 cm³/mol. The van der Waals surface area contributed by atoms with Crippen LogP contribution in [0.25, 0.3) is 0 Å². The van der Waals surface area contributed by atoms with E-state index in [-0.39, 0.29) is 13.2 Å². The first-order chi connectivity index (χ1) is 7.56. The van der Waals surface area contributed by atoms with E-state index in [1.54, 1.807) is 0 Å². The Morgan fingerprint density at radius 1 is 1.06 bits per heavy atom. The highest BCUT2D eigenvalue weighted by atomic mass is 17.1. The first kappa shape index (κ1) is 15.6. The van der Waals surface area contributed by atoms with Gasteiger partial charge in [0.15, 0.2) is 0 Å². The van der Waals surface area contributed by atoms with Crippen molar-refractivity contribution in [2.24, 2.45) is 0 Å². The van der Waals surface area contributed by atoms with E-state index >= 15 is 0 Å². The summed E-state index contributed by atoms with van der Waals surface area (Å²) in [6, 6.07) is 0. The van der Waals surface area contributed by atoms with Crippen molar-refractivity contribution in [1.29, 1.82) is 0 Å². The molecule has 0 rings (SSSR count). The van der Waals surface area contributed by atoms with Crippen LogP contribution in [0.2, 0.25) is 0 Å². The summed E-state index contributed by atoms with van der Waals surface area (Å²) >= 11 is 0. The van der Waals surface area contributed by atoms with E-state index in [1.165, 1.54) is 0 Å². The topological polar surface area (TPSA) is 115 Å². The molecule has 0 saturated heterocycles. The number of hydrogen-bond acceptors (Lipinski definition) is 9. The lowest BCUT2D eigenvalue weighted by molar-refractivity contribution is -0.528. The molecule has 0 bridgehead atoms. The van der Waals surface area contributed by atoms with Gasteiger partial charge in [-0.25, -0.2) is 9.68 Å². The largest absolute Gasteiger partial charge is 0.379 e. The van der Waals surface area contributed by atoms with Crippen LogP contribution in [-0.2, 0) is 14.4 Å². The first-order valence-corrected chi connectivity index (χ1v) is 4.79. The van der Waals surface area contributed by atoms with Crippen molar-refractivity contribution in [2.75, 3.05) is 19.8 Å². The summed E-state index contributed by atoms with van der Waals surface area (Å²) < 4.78 is 5.13. The normalized spacial score (nSPS) is 13.7. The van der Waals surface area contributed by atoms with Gasteiger partial charge < -0.3 is 4.74 Å². The second kappa shape index (κ2) is 9.84. The summed E-state index contributed by atoms with van der Waals surface area (Å²) in [7, 11) is 0. The van der Waals surface area contributed by atoms with Crippen molar-refractivity contribution < 1.29 is 35.2 Å². The zero-order valence-electron chi connectivity index (χ0n) is 9.02. The molecular weight excluding hydrogens is 224 g/mol. The van der Waals surface area contributed by atoms with Gasteiger partial charge >= 0.3 is 0 Å². The van der Waals surface area contributed by atoms with Crippen LogP contribution in [-0.4, -0.2) is 57.5 Å². The molecule has 98 valence electrons. The van der Waals surface area contributed by atoms with Gasteiger partial charge in [0.25, 0.3) is 0 Å². The maximum atomic E-state index is 8.41. The number of nitrogens with zero attached hydrogens (tertiary/aromatic N) is 2.